The molecule has 0 unspecified atom stereocenters. The summed E-state index contributed by atoms with van der Waals surface area (Å²) in [6.45, 7) is 2.69. The van der Waals surface area contributed by atoms with Gasteiger partial charge in [0.2, 0.25) is 0 Å². The first kappa shape index (κ1) is 27.9. The van der Waals surface area contributed by atoms with Gasteiger partial charge in [-0.15, -0.1) is 0 Å². The van der Waals surface area contributed by atoms with Gasteiger partial charge in [0.05, 0.1) is 0 Å². The van der Waals surface area contributed by atoms with Gasteiger partial charge < -0.3 is 19.7 Å². The van der Waals surface area contributed by atoms with Crippen molar-refractivity contribution in [3.8, 4) is 5.75 Å². The van der Waals surface area contributed by atoms with Gasteiger partial charge in [-0.1, -0.05) is 91.0 Å². The van der Waals surface area contributed by atoms with Gasteiger partial charge in [0.15, 0.2) is 0 Å². The molecule has 0 fully saturated rings. The van der Waals surface area contributed by atoms with E-state index >= 15 is 0 Å². The third-order valence-electron chi connectivity index (χ3n) is 7.38. The van der Waals surface area contributed by atoms with Crippen molar-refractivity contribution < 1.29 is 19.7 Å². The molecule has 1 radical (unpaired) electrons. The summed E-state index contributed by atoms with van der Waals surface area (Å²) in [4.78, 5) is 4.48. The van der Waals surface area contributed by atoms with Crippen LogP contribution in [-0.2, 0) is 26.2 Å². The van der Waals surface area contributed by atoms with E-state index in [0.717, 1.165) is 25.4 Å². The van der Waals surface area contributed by atoms with Crippen molar-refractivity contribution >= 4 is 41.8 Å². The van der Waals surface area contributed by atoms with Gasteiger partial charge in [-0.25, -0.2) is 0 Å². The van der Waals surface area contributed by atoms with Gasteiger partial charge in [-0.3, -0.25) is 9.80 Å². The molecule has 6 nitrogen and oxygen atoms in total. The van der Waals surface area contributed by atoms with Crippen LogP contribution in [0.2, 0.25) is 0 Å². The molecule has 0 bridgehead atoms. The summed E-state index contributed by atoms with van der Waals surface area (Å²) in [5, 5.41) is 33.7. The van der Waals surface area contributed by atoms with E-state index in [1.54, 1.807) is 6.07 Å². The van der Waals surface area contributed by atoms with Crippen LogP contribution in [0.1, 0.15) is 22.3 Å². The third kappa shape index (κ3) is 6.07. The molecule has 5 aromatic carbocycles. The molecule has 0 aliphatic heterocycles. The lowest BCUT2D eigenvalue weighted by Gasteiger charge is -2.25. The second-order valence-corrected chi connectivity index (χ2v) is 10.3. The van der Waals surface area contributed by atoms with Crippen LogP contribution >= 0.6 is 0 Å². The standard InChI is InChI=1S/C32H33B2N2O4/c1-35(19-23-11-3-9-17-31(23)34(38)39)21-29-25-13-5-7-15-27(25)30(28-16-8-6-14-26(28)29)22-36(2)20-24-12-4-10-18-32(24)40-33-37/h3-18,37-39H,19-22H2,1-2H3. The van der Waals surface area contributed by atoms with Crippen molar-refractivity contribution in [3.63, 3.8) is 0 Å². The molecule has 0 atom stereocenters. The number of para-hydroxylation sites is 1. The van der Waals surface area contributed by atoms with Gasteiger partial charge in [-0.2, -0.15) is 0 Å². The fourth-order valence-electron chi connectivity index (χ4n) is 5.62. The van der Waals surface area contributed by atoms with Gasteiger partial charge in [0.1, 0.15) is 5.75 Å². The minimum atomic E-state index is -1.50. The molecule has 0 saturated carbocycles. The topological polar surface area (TPSA) is 76.4 Å². The van der Waals surface area contributed by atoms with Crippen LogP contribution in [0.15, 0.2) is 97.1 Å². The maximum absolute atomic E-state index is 9.84. The number of hydrogen-bond donors (Lipinski definition) is 3. The Balaban J connectivity index is 1.50. The van der Waals surface area contributed by atoms with Crippen LogP contribution in [0.3, 0.4) is 0 Å². The quantitative estimate of drug-likeness (QED) is 0.178. The second-order valence-electron chi connectivity index (χ2n) is 10.3. The zero-order chi connectivity index (χ0) is 28.1. The Bertz CT molecular complexity index is 1550. The van der Waals surface area contributed by atoms with Gasteiger partial charge in [0.25, 0.3) is 0 Å². The number of benzene rings is 5. The lowest BCUT2D eigenvalue weighted by Crippen LogP contribution is -2.35. The molecule has 3 N–H and O–H groups in total. The highest BCUT2D eigenvalue weighted by atomic mass is 16.5. The van der Waals surface area contributed by atoms with Gasteiger partial charge in [0, 0.05) is 31.7 Å². The first-order valence-electron chi connectivity index (χ1n) is 13.4. The normalized spacial score (nSPS) is 11.5. The lowest BCUT2D eigenvalue weighted by atomic mass is 9.77. The highest BCUT2D eigenvalue weighted by molar-refractivity contribution is 6.59. The monoisotopic (exact) mass is 531 g/mol. The Morgan fingerprint density at radius 1 is 0.600 bits per heavy atom. The van der Waals surface area contributed by atoms with Gasteiger partial charge >= 0.3 is 14.8 Å². The summed E-state index contributed by atoms with van der Waals surface area (Å²) in [5.41, 5.74) is 4.94. The first-order valence-corrected chi connectivity index (χ1v) is 13.4. The maximum atomic E-state index is 9.84. The third-order valence-corrected chi connectivity index (χ3v) is 7.38. The molecule has 0 aliphatic carbocycles. The van der Waals surface area contributed by atoms with Crippen molar-refractivity contribution in [3.05, 3.63) is 119 Å². The Morgan fingerprint density at radius 2 is 1.02 bits per heavy atom. The average molecular weight is 531 g/mol. The molecule has 0 spiro atoms. The average Bonchev–Trinajstić information content (AvgIpc) is 2.96. The smallest absolute Gasteiger partial charge is 0.537 e. The van der Waals surface area contributed by atoms with Crippen LogP contribution in [0.25, 0.3) is 21.5 Å². The molecule has 0 saturated heterocycles. The Labute approximate surface area is 236 Å². The van der Waals surface area contributed by atoms with Crippen LogP contribution in [0.5, 0.6) is 5.75 Å². The van der Waals surface area contributed by atoms with Crippen molar-refractivity contribution in [2.45, 2.75) is 26.2 Å². The number of hydrogen-bond acceptors (Lipinski definition) is 6. The van der Waals surface area contributed by atoms with E-state index in [1.165, 1.54) is 32.7 Å². The van der Waals surface area contributed by atoms with Crippen molar-refractivity contribution in [1.82, 2.24) is 9.80 Å². The Hall–Kier alpha value is -3.65. The number of nitrogens with zero attached hydrogens (tertiary/aromatic N) is 2. The van der Waals surface area contributed by atoms with Crippen molar-refractivity contribution in [2.75, 3.05) is 14.1 Å². The zero-order valence-electron chi connectivity index (χ0n) is 22.9. The predicted octanol–water partition coefficient (Wildman–Crippen LogP) is 3.84. The van der Waals surface area contributed by atoms with E-state index in [2.05, 4.69) is 72.4 Å². The molecule has 0 heterocycles. The Kier molecular flexibility index (Phi) is 8.85. The summed E-state index contributed by atoms with van der Waals surface area (Å²) in [6.07, 6.45) is 0. The van der Waals surface area contributed by atoms with E-state index in [-0.39, 0.29) is 0 Å². The maximum Gasteiger partial charge on any atom is 0.569 e. The van der Waals surface area contributed by atoms with E-state index in [9.17, 15) is 15.1 Å². The summed E-state index contributed by atoms with van der Waals surface area (Å²) in [7, 11) is 3.38. The summed E-state index contributed by atoms with van der Waals surface area (Å²) in [6, 6.07) is 32.3. The first-order chi connectivity index (χ1) is 19.5. The molecule has 8 heteroatoms. The molecule has 201 valence electrons. The van der Waals surface area contributed by atoms with E-state index in [1.807, 2.05) is 42.5 Å². The van der Waals surface area contributed by atoms with Crippen LogP contribution < -0.4 is 10.1 Å². The molecular weight excluding hydrogens is 498 g/mol. The van der Waals surface area contributed by atoms with E-state index in [4.69, 9.17) is 4.65 Å². The van der Waals surface area contributed by atoms with E-state index < -0.39 is 7.12 Å². The van der Waals surface area contributed by atoms with Crippen LogP contribution in [0, 0.1) is 0 Å². The van der Waals surface area contributed by atoms with Gasteiger partial charge in [-0.05, 0) is 63.9 Å². The van der Waals surface area contributed by atoms with Crippen LogP contribution in [-0.4, -0.2) is 53.8 Å². The summed E-state index contributed by atoms with van der Waals surface area (Å²) >= 11 is 0. The molecule has 40 heavy (non-hydrogen) atoms. The molecule has 0 amide bonds. The van der Waals surface area contributed by atoms with E-state index in [0.29, 0.717) is 30.8 Å². The molecule has 5 aromatic rings. The van der Waals surface area contributed by atoms with Crippen LogP contribution in [0.4, 0.5) is 0 Å². The highest BCUT2D eigenvalue weighted by Gasteiger charge is 2.19. The molecule has 5 rings (SSSR count). The number of rotatable bonds is 11. The summed E-state index contributed by atoms with van der Waals surface area (Å²) in [5.74, 6) is 0.639. The van der Waals surface area contributed by atoms with Crippen molar-refractivity contribution in [1.29, 1.82) is 0 Å². The second kappa shape index (κ2) is 12.7. The largest absolute Gasteiger partial charge is 0.569 e. The lowest BCUT2D eigenvalue weighted by molar-refractivity contribution is 0.316. The molecule has 0 aromatic heterocycles. The minimum Gasteiger partial charge on any atom is -0.537 e. The Morgan fingerprint density at radius 3 is 1.52 bits per heavy atom. The SMILES string of the molecule is CN(Cc1ccccc1O[B]O)Cc1c2ccccc2c(CN(C)Cc2ccccc2B(O)O)c2ccccc12. The fourth-order valence-corrected chi connectivity index (χ4v) is 5.62. The fraction of sp³-hybridized carbons (Fsp3) is 0.188. The molecular formula is C32H33B2N2O4. The van der Waals surface area contributed by atoms with Crippen molar-refractivity contribution in [2.24, 2.45) is 0 Å². The highest BCUT2D eigenvalue weighted by Crippen LogP contribution is 2.35. The number of fused-ring (bicyclic) bond motifs is 2. The minimum absolute atomic E-state index is 0.534. The zero-order valence-corrected chi connectivity index (χ0v) is 22.9. The molecule has 0 aliphatic rings. The predicted molar refractivity (Wildman–Crippen MR) is 163 cm³/mol. The summed E-state index contributed by atoms with van der Waals surface area (Å²) < 4.78 is 5.32.